The van der Waals surface area contributed by atoms with E-state index in [1.807, 2.05) is 19.1 Å². The van der Waals surface area contributed by atoms with Gasteiger partial charge in [-0.1, -0.05) is 0 Å². The summed E-state index contributed by atoms with van der Waals surface area (Å²) in [7, 11) is 0. The van der Waals surface area contributed by atoms with Crippen LogP contribution in [0, 0.1) is 19.7 Å². The predicted octanol–water partition coefficient (Wildman–Crippen LogP) is 7.06. The highest BCUT2D eigenvalue weighted by Crippen LogP contribution is 2.38. The lowest BCUT2D eigenvalue weighted by Crippen LogP contribution is -2.32. The van der Waals surface area contributed by atoms with Gasteiger partial charge in [-0.05, 0) is 51.5 Å². The van der Waals surface area contributed by atoms with E-state index in [9.17, 15) is 13.6 Å². The van der Waals surface area contributed by atoms with Gasteiger partial charge in [0, 0.05) is 23.1 Å². The molecule has 9 nitrogen and oxygen atoms in total. The molecule has 0 saturated heterocycles. The van der Waals surface area contributed by atoms with Crippen LogP contribution in [0.3, 0.4) is 0 Å². The number of carbonyl (C=O) groups excluding carboxylic acids is 1. The molecule has 2 aromatic carbocycles. The number of aryl methyl sites for hydroxylation is 2. The number of anilines is 1. The van der Waals surface area contributed by atoms with Crippen LogP contribution in [0.2, 0.25) is 0 Å². The fraction of sp³-hybridized carbons (Fsp3) is 0.250. The topological polar surface area (TPSA) is 108 Å². The Hall–Kier alpha value is -4.52. The van der Waals surface area contributed by atoms with Crippen molar-refractivity contribution < 1.29 is 32.2 Å². The van der Waals surface area contributed by atoms with Crippen molar-refractivity contribution in [2.75, 3.05) is 5.32 Å². The van der Waals surface area contributed by atoms with Gasteiger partial charge in [0.2, 0.25) is 0 Å². The highest BCUT2D eigenvalue weighted by atomic mass is 32.1. The molecule has 13 heteroatoms. The van der Waals surface area contributed by atoms with E-state index >= 15 is 4.39 Å². The third-order valence-corrected chi connectivity index (χ3v) is 7.15. The van der Waals surface area contributed by atoms with E-state index in [1.54, 1.807) is 26.8 Å². The third-order valence-electron chi connectivity index (χ3n) is 6.09. The van der Waals surface area contributed by atoms with Crippen LogP contribution in [0.5, 0.6) is 11.5 Å². The number of pyridine rings is 1. The highest BCUT2D eigenvalue weighted by Gasteiger charge is 2.22. The Balaban J connectivity index is 1.34. The number of thiazole rings is 1. The molecule has 0 aliphatic rings. The van der Waals surface area contributed by atoms with Crippen molar-refractivity contribution in [2.45, 2.75) is 46.5 Å². The third kappa shape index (κ3) is 6.46. The lowest BCUT2D eigenvalue weighted by Gasteiger charge is -2.22. The molecule has 212 valence electrons. The minimum Gasteiger partial charge on any atom is -0.484 e. The molecule has 2 atom stereocenters. The molecule has 0 aliphatic heterocycles. The van der Waals surface area contributed by atoms with Gasteiger partial charge in [0.05, 0.1) is 40.0 Å². The van der Waals surface area contributed by atoms with E-state index in [0.29, 0.717) is 43.2 Å². The Kier molecular flexibility index (Phi) is 7.88. The molecule has 3 aromatic heterocycles. The lowest BCUT2D eigenvalue weighted by molar-refractivity contribution is -0.0499. The second-order valence-electron chi connectivity index (χ2n) is 9.28. The first kappa shape index (κ1) is 28.0. The van der Waals surface area contributed by atoms with E-state index in [4.69, 9.17) is 9.47 Å². The van der Waals surface area contributed by atoms with Crippen molar-refractivity contribution in [1.82, 2.24) is 19.9 Å². The zero-order valence-corrected chi connectivity index (χ0v) is 23.1. The van der Waals surface area contributed by atoms with E-state index in [2.05, 4.69) is 30.0 Å². The number of nitrogens with one attached hydrogen (secondary N) is 1. The molecule has 3 heterocycles. The standard InChI is InChI=1S/C28H24F3N5O4S/c1-13-5-17-7-19(40-27(30)31)12-34-25(17)20(6-13)26-36-22-8-21(29)23(9-24(22)41-26)38-14(2)15(3)39-28(37)35-18-10-32-16(4)33-11-18/h5-12,14-15,27H,1-4H3,(H,35,37)/t14-,15+/m0/s1. The summed E-state index contributed by atoms with van der Waals surface area (Å²) in [6.45, 7) is 3.91. The van der Waals surface area contributed by atoms with Crippen molar-refractivity contribution in [3.63, 3.8) is 0 Å². The predicted molar refractivity (Wildman–Crippen MR) is 148 cm³/mol. The van der Waals surface area contributed by atoms with Gasteiger partial charge >= 0.3 is 12.7 Å². The summed E-state index contributed by atoms with van der Waals surface area (Å²) in [6, 6.07) is 7.99. The van der Waals surface area contributed by atoms with Crippen LogP contribution in [0.25, 0.3) is 31.7 Å². The van der Waals surface area contributed by atoms with Crippen LogP contribution >= 0.6 is 11.3 Å². The Labute approximate surface area is 236 Å². The molecule has 0 aliphatic carbocycles. The number of amides is 1. The maximum atomic E-state index is 15.0. The average molecular weight is 584 g/mol. The number of fused-ring (bicyclic) bond motifs is 2. The van der Waals surface area contributed by atoms with Crippen LogP contribution in [0.15, 0.2) is 48.9 Å². The van der Waals surface area contributed by atoms with Crippen molar-refractivity contribution >= 4 is 44.2 Å². The molecule has 0 saturated carbocycles. The first-order valence-electron chi connectivity index (χ1n) is 12.4. The van der Waals surface area contributed by atoms with E-state index in [0.717, 1.165) is 5.56 Å². The normalized spacial score (nSPS) is 12.9. The summed E-state index contributed by atoms with van der Waals surface area (Å²) < 4.78 is 56.7. The Morgan fingerprint density at radius 1 is 0.951 bits per heavy atom. The summed E-state index contributed by atoms with van der Waals surface area (Å²) in [4.78, 5) is 29.2. The monoisotopic (exact) mass is 583 g/mol. The van der Waals surface area contributed by atoms with E-state index in [1.165, 1.54) is 42.1 Å². The Bertz CT molecular complexity index is 1730. The molecular weight excluding hydrogens is 559 g/mol. The maximum Gasteiger partial charge on any atom is 0.412 e. The zero-order chi connectivity index (χ0) is 29.3. The molecule has 0 radical (unpaired) electrons. The van der Waals surface area contributed by atoms with Gasteiger partial charge in [-0.2, -0.15) is 8.78 Å². The van der Waals surface area contributed by atoms with Gasteiger partial charge in [-0.25, -0.2) is 24.1 Å². The molecule has 0 unspecified atom stereocenters. The highest BCUT2D eigenvalue weighted by molar-refractivity contribution is 7.21. The molecule has 1 amide bonds. The number of aromatic nitrogens is 4. The number of benzene rings is 2. The average Bonchev–Trinajstić information content (AvgIpc) is 3.31. The first-order valence-corrected chi connectivity index (χ1v) is 13.3. The smallest absolute Gasteiger partial charge is 0.412 e. The van der Waals surface area contributed by atoms with Crippen molar-refractivity contribution in [2.24, 2.45) is 0 Å². The largest absolute Gasteiger partial charge is 0.484 e. The maximum absolute atomic E-state index is 15.0. The Morgan fingerprint density at radius 3 is 2.44 bits per heavy atom. The van der Waals surface area contributed by atoms with Crippen molar-refractivity contribution in [3.8, 4) is 22.1 Å². The molecule has 5 rings (SSSR count). The van der Waals surface area contributed by atoms with Crippen molar-refractivity contribution in [3.05, 3.63) is 66.1 Å². The van der Waals surface area contributed by atoms with E-state index in [-0.39, 0.29) is 11.5 Å². The molecule has 5 aromatic rings. The van der Waals surface area contributed by atoms with Gasteiger partial charge in [0.25, 0.3) is 0 Å². The summed E-state index contributed by atoms with van der Waals surface area (Å²) in [5.41, 5.74) is 2.87. The molecule has 0 fully saturated rings. The van der Waals surface area contributed by atoms with Crippen molar-refractivity contribution in [1.29, 1.82) is 0 Å². The number of hydrogen-bond acceptors (Lipinski definition) is 9. The van der Waals surface area contributed by atoms with Gasteiger partial charge in [0.1, 0.15) is 28.8 Å². The number of carbonyl (C=O) groups is 1. The Morgan fingerprint density at radius 2 is 1.71 bits per heavy atom. The van der Waals surface area contributed by atoms with Crippen LogP contribution in [-0.4, -0.2) is 44.8 Å². The molecular formula is C28H24F3N5O4S. The summed E-state index contributed by atoms with van der Waals surface area (Å²) >= 11 is 1.30. The van der Waals surface area contributed by atoms with Gasteiger partial charge in [-0.3, -0.25) is 10.3 Å². The van der Waals surface area contributed by atoms with Gasteiger partial charge in [-0.15, -0.1) is 11.3 Å². The van der Waals surface area contributed by atoms with Gasteiger partial charge in [0.15, 0.2) is 11.6 Å². The van der Waals surface area contributed by atoms with Crippen LogP contribution in [0.1, 0.15) is 25.2 Å². The number of halogens is 3. The fourth-order valence-electron chi connectivity index (χ4n) is 4.01. The minimum absolute atomic E-state index is 0.0241. The van der Waals surface area contributed by atoms with Gasteiger partial charge < -0.3 is 14.2 Å². The summed E-state index contributed by atoms with van der Waals surface area (Å²) in [5.74, 6) is -0.141. The SMILES string of the molecule is Cc1cc(-c2nc3cc(F)c(O[C@@H](C)[C@@H](C)OC(=O)Nc4cnc(C)nc4)cc3s2)c2ncc(OC(F)F)cc2c1. The number of rotatable bonds is 8. The quantitative estimate of drug-likeness (QED) is 0.207. The molecule has 0 spiro atoms. The second-order valence-corrected chi connectivity index (χ2v) is 10.3. The number of hydrogen-bond donors (Lipinski definition) is 1. The van der Waals surface area contributed by atoms with Crippen LogP contribution < -0.4 is 14.8 Å². The first-order chi connectivity index (χ1) is 19.5. The number of ether oxygens (including phenoxy) is 3. The van der Waals surface area contributed by atoms with Crippen LogP contribution in [-0.2, 0) is 4.74 Å². The molecule has 0 bridgehead atoms. The lowest BCUT2D eigenvalue weighted by atomic mass is 10.1. The molecule has 41 heavy (non-hydrogen) atoms. The fourth-order valence-corrected chi connectivity index (χ4v) is 5.00. The minimum atomic E-state index is -2.96. The van der Waals surface area contributed by atoms with Crippen LogP contribution in [0.4, 0.5) is 23.7 Å². The zero-order valence-electron chi connectivity index (χ0n) is 22.3. The van der Waals surface area contributed by atoms with E-state index < -0.39 is 30.7 Å². The number of alkyl halides is 2. The summed E-state index contributed by atoms with van der Waals surface area (Å²) in [5, 5.41) is 3.71. The summed E-state index contributed by atoms with van der Waals surface area (Å²) in [6.07, 6.45) is 2.00. The second kappa shape index (κ2) is 11.5. The number of nitrogens with zero attached hydrogens (tertiary/aromatic N) is 4. The molecule has 1 N–H and O–H groups in total.